The van der Waals surface area contributed by atoms with Crippen LogP contribution in [0, 0.1) is 20.8 Å². The molecule has 1 aliphatic rings. The summed E-state index contributed by atoms with van der Waals surface area (Å²) in [4.78, 5) is 2.16. The Balaban J connectivity index is 2.88. The number of benzene rings is 1. The van der Waals surface area contributed by atoms with Crippen LogP contribution in [0.3, 0.4) is 0 Å². The fourth-order valence-electron chi connectivity index (χ4n) is 2.96. The number of allylic oxidation sites excluding steroid dienone is 2. The van der Waals surface area contributed by atoms with Crippen molar-refractivity contribution in [3.8, 4) is 5.75 Å². The Hall–Kier alpha value is -1.70. The molecular formula is C17H23NO. The number of hydrogen-bond donors (Lipinski definition) is 0. The van der Waals surface area contributed by atoms with E-state index in [0.29, 0.717) is 0 Å². The van der Waals surface area contributed by atoms with Gasteiger partial charge in [-0.15, -0.1) is 0 Å². The Bertz CT molecular complexity index is 606. The van der Waals surface area contributed by atoms with Crippen LogP contribution < -0.4 is 9.64 Å². The lowest BCUT2D eigenvalue weighted by Gasteiger charge is -2.30. The lowest BCUT2D eigenvalue weighted by atomic mass is 9.88. The molecule has 0 spiro atoms. The van der Waals surface area contributed by atoms with Gasteiger partial charge in [-0.05, 0) is 56.9 Å². The fraction of sp³-hybridized carbons (Fsp3) is 0.412. The molecule has 0 atom stereocenters. The summed E-state index contributed by atoms with van der Waals surface area (Å²) < 4.78 is 5.99. The zero-order valence-corrected chi connectivity index (χ0v) is 13.1. The van der Waals surface area contributed by atoms with Crippen molar-refractivity contribution in [2.45, 2.75) is 34.6 Å². The molecular weight excluding hydrogens is 234 g/mol. The van der Waals surface area contributed by atoms with Crippen molar-refractivity contribution in [2.75, 3.05) is 19.0 Å². The van der Waals surface area contributed by atoms with Gasteiger partial charge in [0, 0.05) is 30.9 Å². The highest BCUT2D eigenvalue weighted by Gasteiger charge is 2.26. The highest BCUT2D eigenvalue weighted by atomic mass is 16.5. The van der Waals surface area contributed by atoms with Crippen LogP contribution in [-0.4, -0.2) is 14.1 Å². The Labute approximate surface area is 116 Å². The number of hydrogen-bond acceptors (Lipinski definition) is 2. The summed E-state index contributed by atoms with van der Waals surface area (Å²) in [6.07, 6.45) is 0. The van der Waals surface area contributed by atoms with Crippen molar-refractivity contribution in [3.63, 3.8) is 0 Å². The van der Waals surface area contributed by atoms with E-state index in [2.05, 4.69) is 60.2 Å². The standard InChI is InChI=1S/C17H23NO/c1-9-10(2)15-11(3)12(4)16(18(7)8)13(5)17(15)19-14(9)6/h6H2,1-5,7-8H3. The van der Waals surface area contributed by atoms with Crippen molar-refractivity contribution < 1.29 is 4.74 Å². The molecule has 2 rings (SSSR count). The van der Waals surface area contributed by atoms with E-state index in [-0.39, 0.29) is 0 Å². The molecule has 1 aromatic carbocycles. The SMILES string of the molecule is C=C1Oc2c(C)c(N(C)C)c(C)c(C)c2C(C)=C1C. The monoisotopic (exact) mass is 257 g/mol. The van der Waals surface area contributed by atoms with Gasteiger partial charge in [-0.1, -0.05) is 6.58 Å². The van der Waals surface area contributed by atoms with Crippen LogP contribution >= 0.6 is 0 Å². The van der Waals surface area contributed by atoms with Gasteiger partial charge in [0.15, 0.2) is 0 Å². The van der Waals surface area contributed by atoms with Gasteiger partial charge in [0.05, 0.1) is 0 Å². The second-order valence-electron chi connectivity index (χ2n) is 5.60. The summed E-state index contributed by atoms with van der Waals surface area (Å²) >= 11 is 0. The third-order valence-electron chi connectivity index (χ3n) is 4.24. The predicted molar refractivity (Wildman–Crippen MR) is 83.0 cm³/mol. The highest BCUT2D eigenvalue weighted by Crippen LogP contribution is 2.45. The van der Waals surface area contributed by atoms with Crippen LogP contribution in [0.2, 0.25) is 0 Å². The number of anilines is 1. The van der Waals surface area contributed by atoms with E-state index < -0.39 is 0 Å². The van der Waals surface area contributed by atoms with E-state index in [1.165, 1.54) is 33.5 Å². The Morgan fingerprint density at radius 2 is 1.42 bits per heavy atom. The highest BCUT2D eigenvalue weighted by molar-refractivity contribution is 5.84. The van der Waals surface area contributed by atoms with E-state index in [0.717, 1.165) is 17.1 Å². The van der Waals surface area contributed by atoms with Crippen molar-refractivity contribution >= 4 is 11.3 Å². The second-order valence-corrected chi connectivity index (χ2v) is 5.60. The third kappa shape index (κ3) is 1.86. The molecule has 1 heterocycles. The summed E-state index contributed by atoms with van der Waals surface area (Å²) in [5.41, 5.74) is 8.73. The van der Waals surface area contributed by atoms with Gasteiger partial charge in [0.1, 0.15) is 11.5 Å². The second kappa shape index (κ2) is 4.44. The number of fused-ring (bicyclic) bond motifs is 1. The zero-order valence-electron chi connectivity index (χ0n) is 13.1. The average Bonchev–Trinajstić information content (AvgIpc) is 2.32. The first-order valence-corrected chi connectivity index (χ1v) is 6.63. The van der Waals surface area contributed by atoms with E-state index in [9.17, 15) is 0 Å². The summed E-state index contributed by atoms with van der Waals surface area (Å²) in [6, 6.07) is 0. The minimum Gasteiger partial charge on any atom is -0.457 e. The molecule has 0 N–H and O–H groups in total. The van der Waals surface area contributed by atoms with Gasteiger partial charge < -0.3 is 9.64 Å². The molecule has 0 unspecified atom stereocenters. The Kier molecular flexibility index (Phi) is 3.21. The zero-order chi connectivity index (χ0) is 14.5. The molecule has 19 heavy (non-hydrogen) atoms. The van der Waals surface area contributed by atoms with E-state index in [4.69, 9.17) is 4.74 Å². The summed E-state index contributed by atoms with van der Waals surface area (Å²) in [7, 11) is 4.15. The molecule has 0 saturated heterocycles. The molecule has 1 aromatic rings. The van der Waals surface area contributed by atoms with Gasteiger partial charge in [-0.2, -0.15) is 0 Å². The fourth-order valence-corrected chi connectivity index (χ4v) is 2.96. The Morgan fingerprint density at radius 3 is 1.95 bits per heavy atom. The molecule has 0 aliphatic carbocycles. The first-order valence-electron chi connectivity index (χ1n) is 6.63. The van der Waals surface area contributed by atoms with E-state index in [1.807, 2.05) is 0 Å². The molecule has 2 nitrogen and oxygen atoms in total. The molecule has 0 aromatic heterocycles. The van der Waals surface area contributed by atoms with Crippen molar-refractivity contribution in [1.29, 1.82) is 0 Å². The Morgan fingerprint density at radius 1 is 0.842 bits per heavy atom. The number of nitrogens with zero attached hydrogens (tertiary/aromatic N) is 1. The van der Waals surface area contributed by atoms with Gasteiger partial charge in [-0.3, -0.25) is 0 Å². The number of ether oxygens (including phenoxy) is 1. The molecule has 0 amide bonds. The van der Waals surface area contributed by atoms with E-state index in [1.54, 1.807) is 0 Å². The molecule has 0 fully saturated rings. The first-order chi connectivity index (χ1) is 8.77. The molecule has 0 bridgehead atoms. The largest absolute Gasteiger partial charge is 0.457 e. The van der Waals surface area contributed by atoms with Crippen molar-refractivity contribution in [2.24, 2.45) is 0 Å². The smallest absolute Gasteiger partial charge is 0.140 e. The maximum Gasteiger partial charge on any atom is 0.140 e. The summed E-state index contributed by atoms with van der Waals surface area (Å²) in [6.45, 7) is 14.7. The van der Waals surface area contributed by atoms with Gasteiger partial charge >= 0.3 is 0 Å². The topological polar surface area (TPSA) is 12.5 Å². The van der Waals surface area contributed by atoms with Gasteiger partial charge in [0.2, 0.25) is 0 Å². The van der Waals surface area contributed by atoms with Gasteiger partial charge in [-0.25, -0.2) is 0 Å². The van der Waals surface area contributed by atoms with Crippen LogP contribution in [0.4, 0.5) is 5.69 Å². The van der Waals surface area contributed by atoms with Crippen molar-refractivity contribution in [3.05, 3.63) is 40.2 Å². The molecule has 0 radical (unpaired) electrons. The molecule has 0 saturated carbocycles. The van der Waals surface area contributed by atoms with Crippen LogP contribution in [0.1, 0.15) is 36.1 Å². The van der Waals surface area contributed by atoms with Crippen LogP contribution in [0.5, 0.6) is 5.75 Å². The van der Waals surface area contributed by atoms with Crippen LogP contribution in [0.25, 0.3) is 5.57 Å². The molecule has 2 heteroatoms. The van der Waals surface area contributed by atoms with Crippen LogP contribution in [0.15, 0.2) is 17.9 Å². The maximum atomic E-state index is 5.99. The number of rotatable bonds is 1. The normalized spacial score (nSPS) is 14.4. The van der Waals surface area contributed by atoms with E-state index >= 15 is 0 Å². The lowest BCUT2D eigenvalue weighted by molar-refractivity contribution is 0.428. The predicted octanol–water partition coefficient (Wildman–Crippen LogP) is 4.38. The summed E-state index contributed by atoms with van der Waals surface area (Å²) in [5, 5.41) is 0. The minimum absolute atomic E-state index is 0.765. The van der Waals surface area contributed by atoms with Crippen LogP contribution in [-0.2, 0) is 0 Å². The maximum absolute atomic E-state index is 5.99. The first kappa shape index (κ1) is 13.7. The average molecular weight is 257 g/mol. The molecule has 102 valence electrons. The quantitative estimate of drug-likeness (QED) is 0.740. The van der Waals surface area contributed by atoms with Gasteiger partial charge in [0.25, 0.3) is 0 Å². The third-order valence-corrected chi connectivity index (χ3v) is 4.24. The van der Waals surface area contributed by atoms with Crippen molar-refractivity contribution in [1.82, 2.24) is 0 Å². The molecule has 1 aliphatic heterocycles. The minimum atomic E-state index is 0.765. The summed E-state index contributed by atoms with van der Waals surface area (Å²) in [5.74, 6) is 1.74. The lowest BCUT2D eigenvalue weighted by Crippen LogP contribution is -2.17.